The Labute approximate surface area is 145 Å². The second-order valence-electron chi connectivity index (χ2n) is 5.01. The minimum Gasteiger partial charge on any atom is -0.454 e. The molecule has 128 valence electrons. The van der Waals surface area contributed by atoms with Crippen molar-refractivity contribution in [3.05, 3.63) is 34.9 Å². The van der Waals surface area contributed by atoms with Crippen LogP contribution in [0.25, 0.3) is 0 Å². The van der Waals surface area contributed by atoms with E-state index in [9.17, 15) is 14.4 Å². The summed E-state index contributed by atoms with van der Waals surface area (Å²) in [6.45, 7) is 1.25. The summed E-state index contributed by atoms with van der Waals surface area (Å²) >= 11 is 5.91. The van der Waals surface area contributed by atoms with Gasteiger partial charge in [0.1, 0.15) is 6.04 Å². The molecule has 0 aliphatic rings. The number of amides is 2. The van der Waals surface area contributed by atoms with E-state index in [1.807, 2.05) is 6.07 Å². The maximum atomic E-state index is 12.0. The Bertz CT molecular complexity index is 657. The minimum atomic E-state index is -0.939. The number of hydrogen-bond acceptors (Lipinski definition) is 5. The standard InChI is InChI=1S/C16H18ClN3O4/c1-11(19-15(22)12-6-3-4-7-13(12)17)16(23)24-10-14(21)20(2)9-5-8-18/h3-4,6-7,11H,5,9-10H2,1-2H3,(H,19,22)/t11-/m0/s1. The number of halogens is 1. The van der Waals surface area contributed by atoms with Crippen molar-refractivity contribution in [1.82, 2.24) is 10.2 Å². The third-order valence-electron chi connectivity index (χ3n) is 3.14. The molecule has 0 aliphatic carbocycles. The van der Waals surface area contributed by atoms with Gasteiger partial charge in [-0.05, 0) is 19.1 Å². The average molecular weight is 352 g/mol. The molecule has 1 atom stereocenters. The van der Waals surface area contributed by atoms with Crippen molar-refractivity contribution in [3.63, 3.8) is 0 Å². The zero-order chi connectivity index (χ0) is 18.1. The normalized spacial score (nSPS) is 11.1. The molecule has 0 spiro atoms. The molecule has 8 heteroatoms. The summed E-state index contributed by atoms with van der Waals surface area (Å²) in [5, 5.41) is 11.2. The lowest BCUT2D eigenvalue weighted by atomic mass is 10.2. The highest BCUT2D eigenvalue weighted by atomic mass is 35.5. The zero-order valence-electron chi connectivity index (χ0n) is 13.4. The van der Waals surface area contributed by atoms with E-state index in [0.29, 0.717) is 0 Å². The van der Waals surface area contributed by atoms with Crippen LogP contribution < -0.4 is 5.32 Å². The van der Waals surface area contributed by atoms with Gasteiger partial charge in [-0.3, -0.25) is 9.59 Å². The largest absolute Gasteiger partial charge is 0.454 e. The Morgan fingerprint density at radius 2 is 2.04 bits per heavy atom. The van der Waals surface area contributed by atoms with E-state index in [1.165, 1.54) is 24.9 Å². The maximum Gasteiger partial charge on any atom is 0.328 e. The monoisotopic (exact) mass is 351 g/mol. The smallest absolute Gasteiger partial charge is 0.328 e. The van der Waals surface area contributed by atoms with Gasteiger partial charge in [0.15, 0.2) is 6.61 Å². The molecule has 0 saturated carbocycles. The first-order valence-corrected chi connectivity index (χ1v) is 7.57. The fraction of sp³-hybridized carbons (Fsp3) is 0.375. The van der Waals surface area contributed by atoms with Crippen LogP contribution in [0.5, 0.6) is 0 Å². The van der Waals surface area contributed by atoms with Gasteiger partial charge in [-0.15, -0.1) is 0 Å². The molecule has 0 radical (unpaired) electrons. The third-order valence-corrected chi connectivity index (χ3v) is 3.47. The summed E-state index contributed by atoms with van der Waals surface area (Å²) in [5.41, 5.74) is 0.242. The number of esters is 1. The lowest BCUT2D eigenvalue weighted by Gasteiger charge is -2.17. The van der Waals surface area contributed by atoms with Crippen LogP contribution in [0.15, 0.2) is 24.3 Å². The summed E-state index contributed by atoms with van der Waals surface area (Å²) < 4.78 is 4.87. The second-order valence-corrected chi connectivity index (χ2v) is 5.41. The number of carbonyl (C=O) groups excluding carboxylic acids is 3. The summed E-state index contributed by atoms with van der Waals surface area (Å²) in [6.07, 6.45) is 0.195. The molecule has 7 nitrogen and oxygen atoms in total. The number of benzene rings is 1. The number of nitrogens with one attached hydrogen (secondary N) is 1. The predicted molar refractivity (Wildman–Crippen MR) is 87.2 cm³/mol. The topological polar surface area (TPSA) is 99.5 Å². The van der Waals surface area contributed by atoms with Gasteiger partial charge in [0.25, 0.3) is 11.8 Å². The van der Waals surface area contributed by atoms with E-state index in [1.54, 1.807) is 18.2 Å². The number of likely N-dealkylation sites (N-methyl/N-ethyl adjacent to an activating group) is 1. The lowest BCUT2D eigenvalue weighted by molar-refractivity contribution is -0.152. The first-order valence-electron chi connectivity index (χ1n) is 7.19. The molecule has 0 bridgehead atoms. The van der Waals surface area contributed by atoms with Gasteiger partial charge in [0, 0.05) is 13.6 Å². The highest BCUT2D eigenvalue weighted by molar-refractivity contribution is 6.33. The van der Waals surface area contributed by atoms with Crippen LogP contribution in [0.1, 0.15) is 23.7 Å². The van der Waals surface area contributed by atoms with Gasteiger partial charge in [0.05, 0.1) is 23.1 Å². The summed E-state index contributed by atoms with van der Waals surface area (Å²) in [5.74, 6) is -1.68. The minimum absolute atomic E-state index is 0.195. The molecular formula is C16H18ClN3O4. The third kappa shape index (κ3) is 5.89. The van der Waals surface area contributed by atoms with E-state index in [-0.39, 0.29) is 23.6 Å². The van der Waals surface area contributed by atoms with Gasteiger partial charge >= 0.3 is 5.97 Å². The molecule has 0 unspecified atom stereocenters. The number of carbonyl (C=O) groups is 3. The average Bonchev–Trinajstić information content (AvgIpc) is 2.57. The van der Waals surface area contributed by atoms with E-state index in [0.717, 1.165) is 0 Å². The van der Waals surface area contributed by atoms with Crippen LogP contribution in [0, 0.1) is 11.3 Å². The molecule has 0 heterocycles. The lowest BCUT2D eigenvalue weighted by Crippen LogP contribution is -2.41. The van der Waals surface area contributed by atoms with Gasteiger partial charge in [-0.25, -0.2) is 4.79 Å². The molecule has 0 saturated heterocycles. The Balaban J connectivity index is 2.48. The summed E-state index contributed by atoms with van der Waals surface area (Å²) in [6, 6.07) is 7.41. The molecule has 0 aromatic heterocycles. The summed E-state index contributed by atoms with van der Waals surface area (Å²) in [4.78, 5) is 36.9. The molecule has 0 aliphatic heterocycles. The van der Waals surface area contributed by atoms with Crippen LogP contribution >= 0.6 is 11.6 Å². The van der Waals surface area contributed by atoms with Crippen molar-refractivity contribution >= 4 is 29.4 Å². The van der Waals surface area contributed by atoms with Crippen molar-refractivity contribution in [2.24, 2.45) is 0 Å². The highest BCUT2D eigenvalue weighted by Crippen LogP contribution is 2.14. The second kappa shape index (κ2) is 9.53. The zero-order valence-corrected chi connectivity index (χ0v) is 14.2. The van der Waals surface area contributed by atoms with Crippen LogP contribution in [0.2, 0.25) is 5.02 Å². The fourth-order valence-electron chi connectivity index (χ4n) is 1.69. The van der Waals surface area contributed by atoms with E-state index >= 15 is 0 Å². The van der Waals surface area contributed by atoms with Crippen LogP contribution in [-0.2, 0) is 14.3 Å². The molecule has 1 aromatic carbocycles. The number of rotatable bonds is 7. The highest BCUT2D eigenvalue weighted by Gasteiger charge is 2.20. The van der Waals surface area contributed by atoms with Gasteiger partial charge in [-0.2, -0.15) is 5.26 Å². The molecule has 1 rings (SSSR count). The van der Waals surface area contributed by atoms with Gasteiger partial charge < -0.3 is 15.0 Å². The van der Waals surface area contributed by atoms with E-state index in [2.05, 4.69) is 5.32 Å². The van der Waals surface area contributed by atoms with Crippen molar-refractivity contribution in [3.8, 4) is 6.07 Å². The fourth-order valence-corrected chi connectivity index (χ4v) is 1.91. The van der Waals surface area contributed by atoms with Crippen LogP contribution in [0.4, 0.5) is 0 Å². The number of ether oxygens (including phenoxy) is 1. The Hall–Kier alpha value is -2.59. The SMILES string of the molecule is C[C@H](NC(=O)c1ccccc1Cl)C(=O)OCC(=O)N(C)CCC#N. The number of hydrogen-bond donors (Lipinski definition) is 1. The van der Waals surface area contributed by atoms with Crippen LogP contribution in [0.3, 0.4) is 0 Å². The molecule has 1 aromatic rings. The number of nitrogens with zero attached hydrogens (tertiary/aromatic N) is 2. The molecular weight excluding hydrogens is 334 g/mol. The molecule has 2 amide bonds. The van der Waals surface area contributed by atoms with Crippen molar-refractivity contribution in [2.75, 3.05) is 20.2 Å². The van der Waals surface area contributed by atoms with Crippen molar-refractivity contribution < 1.29 is 19.1 Å². The van der Waals surface area contributed by atoms with Gasteiger partial charge in [-0.1, -0.05) is 23.7 Å². The van der Waals surface area contributed by atoms with Crippen molar-refractivity contribution in [2.45, 2.75) is 19.4 Å². The van der Waals surface area contributed by atoms with Crippen molar-refractivity contribution in [1.29, 1.82) is 5.26 Å². The predicted octanol–water partition coefficient (Wildman–Crippen LogP) is 1.37. The van der Waals surface area contributed by atoms with E-state index in [4.69, 9.17) is 21.6 Å². The first kappa shape index (κ1) is 19.5. The van der Waals surface area contributed by atoms with Gasteiger partial charge in [0.2, 0.25) is 0 Å². The molecule has 24 heavy (non-hydrogen) atoms. The van der Waals surface area contributed by atoms with Crippen LogP contribution in [-0.4, -0.2) is 48.9 Å². The molecule has 0 fully saturated rings. The molecule has 1 N–H and O–H groups in total. The van der Waals surface area contributed by atoms with E-state index < -0.39 is 30.4 Å². The quantitative estimate of drug-likeness (QED) is 0.748. The maximum absolute atomic E-state index is 12.0. The number of nitriles is 1. The Morgan fingerprint density at radius 1 is 1.38 bits per heavy atom. The summed E-state index contributed by atoms with van der Waals surface area (Å²) in [7, 11) is 1.51. The Morgan fingerprint density at radius 3 is 2.67 bits per heavy atom. The Kier molecular flexibility index (Phi) is 7.72. The first-order chi connectivity index (χ1) is 11.4.